The van der Waals surface area contributed by atoms with Gasteiger partial charge in [-0.25, -0.2) is 0 Å². The molecule has 31 heavy (non-hydrogen) atoms. The van der Waals surface area contributed by atoms with Crippen LogP contribution >= 0.6 is 0 Å². The van der Waals surface area contributed by atoms with Crippen LogP contribution in [0.4, 0.5) is 5.69 Å². The molecule has 1 amide bonds. The van der Waals surface area contributed by atoms with E-state index in [-0.39, 0.29) is 17.0 Å². The molecule has 0 spiro atoms. The van der Waals surface area contributed by atoms with Crippen molar-refractivity contribution in [3.8, 4) is 0 Å². The van der Waals surface area contributed by atoms with Crippen LogP contribution < -0.4 is 0 Å². The maximum absolute atomic E-state index is 12.9. The number of Topliss-reactive ketones (excluding diaryl/α,β-unsaturated/α-hetero) is 1. The quantitative estimate of drug-likeness (QED) is 0.163. The molecule has 0 saturated carbocycles. The minimum absolute atomic E-state index is 0.0372. The molecule has 1 heterocycles. The molecule has 0 bridgehead atoms. The van der Waals surface area contributed by atoms with E-state index in [9.17, 15) is 24.8 Å². The Kier molecular flexibility index (Phi) is 6.84. The Morgan fingerprint density at radius 3 is 2.45 bits per heavy atom. The Bertz CT molecular complexity index is 1030. The second kappa shape index (κ2) is 9.55. The first-order valence-electron chi connectivity index (χ1n) is 10.4. The van der Waals surface area contributed by atoms with Crippen molar-refractivity contribution < 1.29 is 19.6 Å². The lowest BCUT2D eigenvalue weighted by atomic mass is 9.94. The van der Waals surface area contributed by atoms with Crippen LogP contribution in [0.5, 0.6) is 0 Å². The van der Waals surface area contributed by atoms with Gasteiger partial charge < -0.3 is 10.0 Å². The molecule has 162 valence electrons. The third kappa shape index (κ3) is 4.66. The number of ketones is 1. The second-order valence-corrected chi connectivity index (χ2v) is 7.77. The summed E-state index contributed by atoms with van der Waals surface area (Å²) in [4.78, 5) is 38.0. The number of carbonyl (C=O) groups excluding carboxylic acids is 2. The zero-order chi connectivity index (χ0) is 22.5. The number of carbonyl (C=O) groups is 2. The smallest absolute Gasteiger partial charge is 0.295 e. The molecule has 1 unspecified atom stereocenters. The van der Waals surface area contributed by atoms with Crippen LogP contribution in [0.3, 0.4) is 0 Å². The van der Waals surface area contributed by atoms with Gasteiger partial charge >= 0.3 is 0 Å². The van der Waals surface area contributed by atoms with E-state index in [0.29, 0.717) is 24.1 Å². The number of nitro benzene ring substituents is 1. The van der Waals surface area contributed by atoms with Gasteiger partial charge in [-0.15, -0.1) is 0 Å². The molecule has 0 aromatic heterocycles. The third-order valence-corrected chi connectivity index (χ3v) is 5.51. The molecule has 0 radical (unpaired) electrons. The molecule has 1 saturated heterocycles. The van der Waals surface area contributed by atoms with Crippen molar-refractivity contribution in [2.45, 2.75) is 45.6 Å². The molecule has 7 heteroatoms. The maximum Gasteiger partial charge on any atom is 0.295 e. The van der Waals surface area contributed by atoms with E-state index in [1.54, 1.807) is 30.3 Å². The average Bonchev–Trinajstić information content (AvgIpc) is 3.01. The highest BCUT2D eigenvalue weighted by Gasteiger charge is 2.46. The van der Waals surface area contributed by atoms with E-state index in [2.05, 4.69) is 6.92 Å². The lowest BCUT2D eigenvalue weighted by Crippen LogP contribution is -2.30. The van der Waals surface area contributed by atoms with Gasteiger partial charge in [-0.3, -0.25) is 19.7 Å². The van der Waals surface area contributed by atoms with Crippen molar-refractivity contribution in [1.82, 2.24) is 4.90 Å². The number of benzene rings is 2. The fourth-order valence-corrected chi connectivity index (χ4v) is 3.84. The number of amides is 1. The number of hydrogen-bond acceptors (Lipinski definition) is 5. The van der Waals surface area contributed by atoms with Gasteiger partial charge in [0, 0.05) is 24.2 Å². The van der Waals surface area contributed by atoms with Crippen LogP contribution in [0.25, 0.3) is 5.76 Å². The van der Waals surface area contributed by atoms with Crippen LogP contribution in [0, 0.1) is 17.0 Å². The number of aryl methyl sites for hydroxylation is 1. The van der Waals surface area contributed by atoms with Gasteiger partial charge in [-0.1, -0.05) is 68.1 Å². The zero-order valence-corrected chi connectivity index (χ0v) is 17.7. The molecule has 7 nitrogen and oxygen atoms in total. The minimum atomic E-state index is -0.872. The van der Waals surface area contributed by atoms with Gasteiger partial charge in [-0.2, -0.15) is 0 Å². The molecule has 0 aliphatic carbocycles. The molecular weight excluding hydrogens is 396 g/mol. The Morgan fingerprint density at radius 1 is 1.10 bits per heavy atom. The SMILES string of the molecule is CCCCCCN1C(=O)C(=O)/C(=C(\O)c2ccc(C)cc2)C1c1cccc([N+](=O)[O-])c1. The summed E-state index contributed by atoms with van der Waals surface area (Å²) >= 11 is 0. The van der Waals surface area contributed by atoms with Crippen LogP contribution in [-0.4, -0.2) is 33.2 Å². The van der Waals surface area contributed by atoms with E-state index in [1.807, 2.05) is 6.92 Å². The average molecular weight is 422 g/mol. The summed E-state index contributed by atoms with van der Waals surface area (Å²) in [5, 5.41) is 22.3. The van der Waals surface area contributed by atoms with Crippen LogP contribution in [-0.2, 0) is 9.59 Å². The normalized spacial score (nSPS) is 17.9. The fourth-order valence-electron chi connectivity index (χ4n) is 3.84. The van der Waals surface area contributed by atoms with Gasteiger partial charge in [0.1, 0.15) is 5.76 Å². The van der Waals surface area contributed by atoms with Crippen molar-refractivity contribution in [3.05, 3.63) is 80.9 Å². The summed E-state index contributed by atoms with van der Waals surface area (Å²) in [6, 6.07) is 12.0. The van der Waals surface area contributed by atoms with Crippen molar-refractivity contribution in [2.75, 3.05) is 6.54 Å². The number of rotatable bonds is 8. The third-order valence-electron chi connectivity index (χ3n) is 5.51. The van der Waals surface area contributed by atoms with E-state index in [4.69, 9.17) is 0 Å². The molecule has 1 fully saturated rings. The van der Waals surface area contributed by atoms with E-state index >= 15 is 0 Å². The van der Waals surface area contributed by atoms with Crippen molar-refractivity contribution >= 4 is 23.1 Å². The summed E-state index contributed by atoms with van der Waals surface area (Å²) in [5.74, 6) is -1.74. The van der Waals surface area contributed by atoms with Crippen LogP contribution in [0.15, 0.2) is 54.1 Å². The van der Waals surface area contributed by atoms with Crippen molar-refractivity contribution in [1.29, 1.82) is 0 Å². The Labute approximate surface area is 181 Å². The van der Waals surface area contributed by atoms with E-state index in [1.165, 1.54) is 23.1 Å². The number of hydrogen-bond donors (Lipinski definition) is 1. The van der Waals surface area contributed by atoms with Gasteiger partial charge in [-0.05, 0) is 18.9 Å². The van der Waals surface area contributed by atoms with Crippen molar-refractivity contribution in [2.24, 2.45) is 0 Å². The summed E-state index contributed by atoms with van der Waals surface area (Å²) in [5.41, 5.74) is 1.67. The lowest BCUT2D eigenvalue weighted by molar-refractivity contribution is -0.384. The first kappa shape index (κ1) is 22.2. The first-order valence-corrected chi connectivity index (χ1v) is 10.4. The molecule has 1 atom stereocenters. The largest absolute Gasteiger partial charge is 0.507 e. The number of aliphatic hydroxyl groups excluding tert-OH is 1. The fraction of sp³-hybridized carbons (Fsp3) is 0.333. The van der Waals surface area contributed by atoms with Crippen molar-refractivity contribution in [3.63, 3.8) is 0 Å². The molecular formula is C24H26N2O5. The molecule has 1 aliphatic heterocycles. The Balaban J connectivity index is 2.10. The number of nitrogens with zero attached hydrogens (tertiary/aromatic N) is 2. The lowest BCUT2D eigenvalue weighted by Gasteiger charge is -2.25. The van der Waals surface area contributed by atoms with Gasteiger partial charge in [0.2, 0.25) is 0 Å². The zero-order valence-electron chi connectivity index (χ0n) is 17.7. The van der Waals surface area contributed by atoms with Crippen LogP contribution in [0.1, 0.15) is 55.3 Å². The predicted molar refractivity (Wildman–Crippen MR) is 117 cm³/mol. The number of nitro groups is 1. The summed E-state index contributed by atoms with van der Waals surface area (Å²) in [6.07, 6.45) is 3.64. The summed E-state index contributed by atoms with van der Waals surface area (Å²) in [6.45, 7) is 4.32. The predicted octanol–water partition coefficient (Wildman–Crippen LogP) is 4.91. The molecule has 2 aromatic rings. The Morgan fingerprint density at radius 2 is 1.81 bits per heavy atom. The number of likely N-dealkylation sites (tertiary alicyclic amines) is 1. The highest BCUT2D eigenvalue weighted by Crippen LogP contribution is 2.40. The first-order chi connectivity index (χ1) is 14.8. The topological polar surface area (TPSA) is 101 Å². The summed E-state index contributed by atoms with van der Waals surface area (Å²) in [7, 11) is 0. The van der Waals surface area contributed by atoms with Gasteiger partial charge in [0.25, 0.3) is 17.4 Å². The highest BCUT2D eigenvalue weighted by atomic mass is 16.6. The second-order valence-electron chi connectivity index (χ2n) is 7.77. The highest BCUT2D eigenvalue weighted by molar-refractivity contribution is 6.46. The summed E-state index contributed by atoms with van der Waals surface area (Å²) < 4.78 is 0. The van der Waals surface area contributed by atoms with E-state index in [0.717, 1.165) is 24.8 Å². The van der Waals surface area contributed by atoms with Gasteiger partial charge in [0.15, 0.2) is 0 Å². The minimum Gasteiger partial charge on any atom is -0.507 e. The Hall–Kier alpha value is -3.48. The molecule has 3 rings (SSSR count). The van der Waals surface area contributed by atoms with Crippen LogP contribution in [0.2, 0.25) is 0 Å². The molecule has 1 aliphatic rings. The number of unbranched alkanes of at least 4 members (excludes halogenated alkanes) is 3. The standard InChI is InChI=1S/C24H26N2O5/c1-3-4-5-6-14-25-21(18-8-7-9-19(15-18)26(30)31)20(23(28)24(25)29)22(27)17-12-10-16(2)11-13-17/h7-13,15,21,27H,3-6,14H2,1-2H3/b22-20-. The molecule has 2 aromatic carbocycles. The van der Waals surface area contributed by atoms with Gasteiger partial charge in [0.05, 0.1) is 16.5 Å². The molecule has 1 N–H and O–H groups in total. The number of aliphatic hydroxyl groups is 1. The number of non-ortho nitro benzene ring substituents is 1. The maximum atomic E-state index is 12.9. The monoisotopic (exact) mass is 422 g/mol. The van der Waals surface area contributed by atoms with E-state index < -0.39 is 22.7 Å².